The van der Waals surface area contributed by atoms with Crippen molar-refractivity contribution >= 4 is 32.8 Å². The molecule has 0 aliphatic carbocycles. The Morgan fingerprint density at radius 2 is 1.71 bits per heavy atom. The van der Waals surface area contributed by atoms with Crippen LogP contribution in [-0.4, -0.2) is 57.2 Å². The molecular weight excluding hydrogens is 299 g/mol. The first-order valence-electron chi connectivity index (χ1n) is 6.36. The zero-order valence-corrected chi connectivity index (χ0v) is 12.6. The number of carboxylic acids is 1. The van der Waals surface area contributed by atoms with E-state index in [9.17, 15) is 4.79 Å². The lowest BCUT2D eigenvalue weighted by molar-refractivity contribution is -0.136. The molecule has 118 valence electrons. The molecule has 0 aliphatic rings. The van der Waals surface area contributed by atoms with Gasteiger partial charge < -0.3 is 30.5 Å². The van der Waals surface area contributed by atoms with E-state index in [1.807, 2.05) is 6.92 Å². The van der Waals surface area contributed by atoms with Gasteiger partial charge >= 0.3 is 5.97 Å². The summed E-state index contributed by atoms with van der Waals surface area (Å²) in [7, 11) is -0.555. The van der Waals surface area contributed by atoms with Crippen LogP contribution in [0, 0.1) is 0 Å². The van der Waals surface area contributed by atoms with Gasteiger partial charge in [-0.3, -0.25) is 4.79 Å². The fourth-order valence-corrected chi connectivity index (χ4v) is 1.51. The van der Waals surface area contributed by atoms with Gasteiger partial charge in [-0.05, 0) is 6.92 Å². The summed E-state index contributed by atoms with van der Waals surface area (Å²) in [5.41, 5.74) is 0. The number of hydrogen-bond acceptors (Lipinski definition) is 9. The van der Waals surface area contributed by atoms with Crippen molar-refractivity contribution in [2.24, 2.45) is 0 Å². The fourth-order valence-electron chi connectivity index (χ4n) is 1.31. The van der Waals surface area contributed by atoms with Gasteiger partial charge in [0.2, 0.25) is 17.8 Å². The number of carbonyl (C=O) groups is 1. The topological polar surface area (TPSA) is 142 Å². The monoisotopic (exact) mass is 318 g/mol. The lowest BCUT2D eigenvalue weighted by atomic mass is 10.4. The first-order chi connectivity index (χ1) is 10.2. The second-order valence-electron chi connectivity index (χ2n) is 3.77. The van der Waals surface area contributed by atoms with Gasteiger partial charge in [0.25, 0.3) is 0 Å². The van der Waals surface area contributed by atoms with Crippen LogP contribution in [0.1, 0.15) is 13.3 Å². The van der Waals surface area contributed by atoms with Crippen molar-refractivity contribution in [3.05, 3.63) is 0 Å². The van der Waals surface area contributed by atoms with Crippen LogP contribution < -0.4 is 16.0 Å². The lowest BCUT2D eigenvalue weighted by Crippen LogP contribution is -2.15. The molecule has 1 rings (SSSR count). The first kappa shape index (κ1) is 17.3. The summed E-state index contributed by atoms with van der Waals surface area (Å²) in [6.07, 6.45) is -0.0315. The molecule has 0 fully saturated rings. The maximum atomic E-state index is 10.5. The van der Waals surface area contributed by atoms with Crippen LogP contribution in [0.3, 0.4) is 0 Å². The summed E-state index contributed by atoms with van der Waals surface area (Å²) in [5.74, 6) is 0.111. The molecule has 0 aliphatic heterocycles. The Balaban J connectivity index is 2.63. The molecule has 1 aromatic rings. The maximum Gasteiger partial charge on any atom is 0.305 e. The van der Waals surface area contributed by atoms with Crippen molar-refractivity contribution in [3.8, 4) is 0 Å². The number of nitrogens with zero attached hydrogens (tertiary/aromatic N) is 3. The van der Waals surface area contributed by atoms with Gasteiger partial charge in [-0.1, -0.05) is 0 Å². The molecule has 21 heavy (non-hydrogen) atoms. The maximum absolute atomic E-state index is 10.5. The molecule has 0 amide bonds. The Morgan fingerprint density at radius 3 is 2.24 bits per heavy atom. The standard InChI is InChI=1S/C10H19N6O4P/c1-2-11-8-14-9(12-4-3-7(17)18)16-10(15-8)13-5-6-20-21-19/h19,21H,2-6H2,1H3,(H,17,18)(H3,11,12,13,14,15,16). The first-order valence-corrected chi connectivity index (χ1v) is 7.21. The van der Waals surface area contributed by atoms with Crippen molar-refractivity contribution in [2.45, 2.75) is 13.3 Å². The summed E-state index contributed by atoms with van der Waals surface area (Å²) in [5, 5.41) is 17.3. The second kappa shape index (κ2) is 10.0. The third kappa shape index (κ3) is 7.54. The van der Waals surface area contributed by atoms with Gasteiger partial charge in [0.15, 0.2) is 9.03 Å². The third-order valence-electron chi connectivity index (χ3n) is 2.14. The molecule has 0 saturated carbocycles. The zero-order valence-electron chi connectivity index (χ0n) is 11.6. The van der Waals surface area contributed by atoms with E-state index < -0.39 is 15.0 Å². The Morgan fingerprint density at radius 1 is 1.14 bits per heavy atom. The van der Waals surface area contributed by atoms with E-state index in [1.54, 1.807) is 0 Å². The van der Waals surface area contributed by atoms with E-state index in [-0.39, 0.29) is 18.9 Å². The number of nitrogens with one attached hydrogen (secondary N) is 3. The zero-order chi connectivity index (χ0) is 15.5. The molecule has 0 spiro atoms. The minimum Gasteiger partial charge on any atom is -0.481 e. The van der Waals surface area contributed by atoms with Crippen molar-refractivity contribution in [2.75, 3.05) is 42.2 Å². The molecule has 11 heteroatoms. The lowest BCUT2D eigenvalue weighted by Gasteiger charge is -2.10. The predicted octanol–water partition coefficient (Wildman–Crippen LogP) is 0.119. The highest BCUT2D eigenvalue weighted by Crippen LogP contribution is 2.09. The summed E-state index contributed by atoms with van der Waals surface area (Å²) in [4.78, 5) is 31.4. The van der Waals surface area contributed by atoms with Gasteiger partial charge in [0.1, 0.15) is 0 Å². The van der Waals surface area contributed by atoms with Gasteiger partial charge in [0, 0.05) is 19.6 Å². The molecule has 0 aromatic carbocycles. The third-order valence-corrected chi connectivity index (χ3v) is 2.48. The van der Waals surface area contributed by atoms with E-state index in [4.69, 9.17) is 14.5 Å². The average Bonchev–Trinajstić information content (AvgIpc) is 2.43. The molecule has 1 heterocycles. The summed E-state index contributed by atoms with van der Waals surface area (Å²) >= 11 is 0. The smallest absolute Gasteiger partial charge is 0.305 e. The number of carboxylic acid groups (broad SMARTS) is 1. The van der Waals surface area contributed by atoms with Crippen molar-refractivity contribution in [1.29, 1.82) is 0 Å². The van der Waals surface area contributed by atoms with Gasteiger partial charge in [-0.2, -0.15) is 15.0 Å². The Kier molecular flexibility index (Phi) is 8.25. The Bertz CT molecular complexity index is 450. The predicted molar refractivity (Wildman–Crippen MR) is 79.7 cm³/mol. The van der Waals surface area contributed by atoms with Crippen molar-refractivity contribution in [1.82, 2.24) is 15.0 Å². The van der Waals surface area contributed by atoms with Crippen molar-refractivity contribution < 1.29 is 19.3 Å². The highest BCUT2D eigenvalue weighted by Gasteiger charge is 2.06. The quantitative estimate of drug-likeness (QED) is 0.282. The van der Waals surface area contributed by atoms with E-state index in [1.165, 1.54) is 0 Å². The second-order valence-corrected chi connectivity index (χ2v) is 4.24. The molecule has 1 atom stereocenters. The molecule has 0 radical (unpaired) electrons. The van der Waals surface area contributed by atoms with Crippen LogP contribution in [0.4, 0.5) is 17.8 Å². The minimum absolute atomic E-state index is 0.0315. The number of hydrogen-bond donors (Lipinski definition) is 5. The van der Waals surface area contributed by atoms with Crippen LogP contribution in [-0.2, 0) is 9.32 Å². The van der Waals surface area contributed by atoms with Crippen LogP contribution in [0.25, 0.3) is 0 Å². The van der Waals surface area contributed by atoms with E-state index in [2.05, 4.69) is 30.9 Å². The number of anilines is 3. The summed E-state index contributed by atoms with van der Waals surface area (Å²) < 4.78 is 4.81. The average molecular weight is 318 g/mol. The number of aliphatic carboxylic acids is 1. The highest BCUT2D eigenvalue weighted by atomic mass is 31.1. The molecule has 1 aromatic heterocycles. The normalized spacial score (nSPS) is 10.8. The largest absolute Gasteiger partial charge is 0.481 e. The van der Waals surface area contributed by atoms with Crippen LogP contribution in [0.5, 0.6) is 0 Å². The Hall–Kier alpha value is -1.77. The van der Waals surface area contributed by atoms with Gasteiger partial charge in [-0.15, -0.1) is 0 Å². The SMILES string of the molecule is CCNc1nc(NCCOPO)nc(NCCC(=O)O)n1. The van der Waals surface area contributed by atoms with Gasteiger partial charge in [-0.25, -0.2) is 0 Å². The molecule has 5 N–H and O–H groups in total. The molecular formula is C10H19N6O4P. The van der Waals surface area contributed by atoms with Crippen LogP contribution in [0.15, 0.2) is 0 Å². The minimum atomic E-state index is -0.899. The fraction of sp³-hybridized carbons (Fsp3) is 0.600. The van der Waals surface area contributed by atoms with Gasteiger partial charge in [0.05, 0.1) is 13.0 Å². The van der Waals surface area contributed by atoms with E-state index in [0.717, 1.165) is 0 Å². The molecule has 0 saturated heterocycles. The van der Waals surface area contributed by atoms with E-state index in [0.29, 0.717) is 31.6 Å². The van der Waals surface area contributed by atoms with Crippen LogP contribution >= 0.6 is 9.03 Å². The van der Waals surface area contributed by atoms with Crippen LogP contribution in [0.2, 0.25) is 0 Å². The molecule has 10 nitrogen and oxygen atoms in total. The Labute approximate surface area is 123 Å². The van der Waals surface area contributed by atoms with E-state index >= 15 is 0 Å². The summed E-state index contributed by atoms with van der Waals surface area (Å²) in [6.45, 7) is 3.52. The van der Waals surface area contributed by atoms with Crippen molar-refractivity contribution in [3.63, 3.8) is 0 Å². The number of rotatable bonds is 11. The number of aromatic nitrogens is 3. The highest BCUT2D eigenvalue weighted by molar-refractivity contribution is 7.24. The molecule has 0 bridgehead atoms. The summed E-state index contributed by atoms with van der Waals surface area (Å²) in [6, 6.07) is 0. The molecule has 1 unspecified atom stereocenters.